The molecule has 138 valence electrons. The zero-order chi connectivity index (χ0) is 19.1. The molecule has 4 nitrogen and oxygen atoms in total. The van der Waals surface area contributed by atoms with Crippen LogP contribution in [0.4, 0.5) is 8.78 Å². The Morgan fingerprint density at radius 2 is 1.69 bits per heavy atom. The van der Waals surface area contributed by atoms with Crippen molar-refractivity contribution in [2.24, 2.45) is 5.92 Å². The van der Waals surface area contributed by atoms with Gasteiger partial charge in [-0.25, -0.2) is 12.7 Å². The molecular formula is C18H16BrF2NO3S. The molecule has 3 rings (SSSR count). The van der Waals surface area contributed by atoms with Gasteiger partial charge < -0.3 is 0 Å². The molecule has 2 aromatic carbocycles. The standard InChI is InChI=1S/C18H16BrF2NO3S/c1-12-7-9-14(10-8-12)26(24,25)22-11-15(18(20,21)17(22)23)16(19)13-5-3-2-4-6-13/h2-10,15-16H,11H2,1H3. The second kappa shape index (κ2) is 6.74. The van der Waals surface area contributed by atoms with Gasteiger partial charge in [0.15, 0.2) is 0 Å². The third kappa shape index (κ3) is 3.16. The molecule has 0 saturated carbocycles. The maximum Gasteiger partial charge on any atom is 0.331 e. The number of carbonyl (C=O) groups is 1. The molecule has 0 bridgehead atoms. The number of hydrogen-bond acceptors (Lipinski definition) is 3. The van der Waals surface area contributed by atoms with Gasteiger partial charge in [-0.15, -0.1) is 0 Å². The lowest BCUT2D eigenvalue weighted by molar-refractivity contribution is -0.148. The minimum Gasteiger partial charge on any atom is -0.267 e. The molecule has 1 amide bonds. The number of alkyl halides is 3. The first kappa shape index (κ1) is 19.0. The van der Waals surface area contributed by atoms with Crippen LogP contribution in [0.1, 0.15) is 16.0 Å². The number of aryl methyl sites for hydroxylation is 1. The molecule has 0 aromatic heterocycles. The number of nitrogens with zero attached hydrogens (tertiary/aromatic N) is 1. The molecule has 1 aliphatic rings. The molecule has 2 aromatic rings. The van der Waals surface area contributed by atoms with E-state index in [-0.39, 0.29) is 4.90 Å². The summed E-state index contributed by atoms with van der Waals surface area (Å²) in [6, 6.07) is 14.2. The summed E-state index contributed by atoms with van der Waals surface area (Å²) < 4.78 is 54.9. The SMILES string of the molecule is Cc1ccc(S(=O)(=O)N2CC(C(Br)c3ccccc3)C(F)(F)C2=O)cc1. The van der Waals surface area contributed by atoms with Crippen molar-refractivity contribution in [1.29, 1.82) is 0 Å². The smallest absolute Gasteiger partial charge is 0.267 e. The summed E-state index contributed by atoms with van der Waals surface area (Å²) in [5.41, 5.74) is 1.38. The number of sulfonamides is 1. The van der Waals surface area contributed by atoms with Crippen molar-refractivity contribution in [2.75, 3.05) is 6.54 Å². The zero-order valence-electron chi connectivity index (χ0n) is 13.8. The molecule has 0 spiro atoms. The van der Waals surface area contributed by atoms with Gasteiger partial charge >= 0.3 is 11.8 Å². The van der Waals surface area contributed by atoms with E-state index in [1.807, 2.05) is 0 Å². The fraction of sp³-hybridized carbons (Fsp3) is 0.278. The van der Waals surface area contributed by atoms with Crippen molar-refractivity contribution < 1.29 is 22.0 Å². The Kier molecular flexibility index (Phi) is 4.92. The fourth-order valence-corrected chi connectivity index (χ4v) is 5.13. The summed E-state index contributed by atoms with van der Waals surface area (Å²) in [4.78, 5) is 11.2. The highest BCUT2D eigenvalue weighted by Crippen LogP contribution is 2.47. The van der Waals surface area contributed by atoms with Crippen LogP contribution < -0.4 is 0 Å². The molecular weight excluding hydrogens is 428 g/mol. The minimum atomic E-state index is -4.34. The lowest BCUT2D eigenvalue weighted by Crippen LogP contribution is -2.38. The second-order valence-electron chi connectivity index (χ2n) is 6.20. The van der Waals surface area contributed by atoms with Crippen molar-refractivity contribution in [1.82, 2.24) is 4.31 Å². The van der Waals surface area contributed by atoms with E-state index < -0.39 is 39.1 Å². The Bertz CT molecular complexity index is 917. The molecule has 0 radical (unpaired) electrons. The van der Waals surface area contributed by atoms with Gasteiger partial charge in [0.05, 0.1) is 15.6 Å². The monoisotopic (exact) mass is 443 g/mol. The lowest BCUT2D eigenvalue weighted by atomic mass is 9.95. The van der Waals surface area contributed by atoms with E-state index in [0.717, 1.165) is 5.56 Å². The summed E-state index contributed by atoms with van der Waals surface area (Å²) in [5.74, 6) is -6.98. The van der Waals surface area contributed by atoms with E-state index >= 15 is 0 Å². The Balaban J connectivity index is 1.96. The number of rotatable bonds is 4. The quantitative estimate of drug-likeness (QED) is 0.672. The molecule has 1 heterocycles. The number of hydrogen-bond donors (Lipinski definition) is 0. The van der Waals surface area contributed by atoms with Gasteiger partial charge in [0.2, 0.25) is 0 Å². The van der Waals surface area contributed by atoms with Crippen LogP contribution in [-0.4, -0.2) is 31.1 Å². The summed E-state index contributed by atoms with van der Waals surface area (Å²) in [7, 11) is -4.34. The molecule has 0 N–H and O–H groups in total. The van der Waals surface area contributed by atoms with Gasteiger partial charge in [-0.1, -0.05) is 64.0 Å². The number of amides is 1. The average molecular weight is 444 g/mol. The van der Waals surface area contributed by atoms with Crippen molar-refractivity contribution in [3.05, 3.63) is 65.7 Å². The highest BCUT2D eigenvalue weighted by atomic mass is 79.9. The van der Waals surface area contributed by atoms with E-state index in [4.69, 9.17) is 0 Å². The first-order valence-electron chi connectivity index (χ1n) is 7.86. The maximum absolute atomic E-state index is 14.6. The second-order valence-corrected chi connectivity index (χ2v) is 9.05. The van der Waals surface area contributed by atoms with Gasteiger partial charge in [0.1, 0.15) is 0 Å². The first-order valence-corrected chi connectivity index (χ1v) is 10.2. The number of benzene rings is 2. The van der Waals surface area contributed by atoms with E-state index in [2.05, 4.69) is 15.9 Å². The van der Waals surface area contributed by atoms with E-state index in [1.165, 1.54) is 12.1 Å². The largest absolute Gasteiger partial charge is 0.331 e. The van der Waals surface area contributed by atoms with E-state index in [0.29, 0.717) is 9.87 Å². The summed E-state index contributed by atoms with van der Waals surface area (Å²) in [6.45, 7) is 1.18. The fourth-order valence-electron chi connectivity index (χ4n) is 2.89. The van der Waals surface area contributed by atoms with Crippen LogP contribution in [0, 0.1) is 12.8 Å². The van der Waals surface area contributed by atoms with Crippen LogP contribution in [0.15, 0.2) is 59.5 Å². The van der Waals surface area contributed by atoms with Gasteiger partial charge in [0, 0.05) is 6.54 Å². The summed E-state index contributed by atoms with van der Waals surface area (Å²) in [6.07, 6.45) is 0. The van der Waals surface area contributed by atoms with Crippen molar-refractivity contribution >= 4 is 31.9 Å². The van der Waals surface area contributed by atoms with Crippen LogP contribution >= 0.6 is 15.9 Å². The normalized spacial score (nSPS) is 21.0. The predicted molar refractivity (Wildman–Crippen MR) is 96.6 cm³/mol. The first-order chi connectivity index (χ1) is 12.2. The van der Waals surface area contributed by atoms with Gasteiger partial charge in [-0.2, -0.15) is 8.78 Å². The lowest BCUT2D eigenvalue weighted by Gasteiger charge is -2.21. The van der Waals surface area contributed by atoms with E-state index in [1.54, 1.807) is 49.4 Å². The highest BCUT2D eigenvalue weighted by molar-refractivity contribution is 9.09. The molecule has 0 aliphatic carbocycles. The van der Waals surface area contributed by atoms with Gasteiger partial charge in [0.25, 0.3) is 10.0 Å². The third-order valence-electron chi connectivity index (χ3n) is 4.42. The summed E-state index contributed by atoms with van der Waals surface area (Å²) >= 11 is 3.22. The molecule has 1 saturated heterocycles. The van der Waals surface area contributed by atoms with Crippen molar-refractivity contribution in [2.45, 2.75) is 22.6 Å². The maximum atomic E-state index is 14.6. The highest BCUT2D eigenvalue weighted by Gasteiger charge is 2.61. The Hall–Kier alpha value is -1.80. The van der Waals surface area contributed by atoms with Crippen LogP contribution in [-0.2, 0) is 14.8 Å². The Labute approximate surface area is 159 Å². The third-order valence-corrected chi connectivity index (χ3v) is 7.35. The Morgan fingerprint density at radius 1 is 1.12 bits per heavy atom. The number of carbonyl (C=O) groups excluding carboxylic acids is 1. The zero-order valence-corrected chi connectivity index (χ0v) is 16.2. The molecule has 8 heteroatoms. The van der Waals surface area contributed by atoms with Crippen molar-refractivity contribution in [3.63, 3.8) is 0 Å². The van der Waals surface area contributed by atoms with Gasteiger partial charge in [-0.3, -0.25) is 4.79 Å². The van der Waals surface area contributed by atoms with Crippen LogP contribution in [0.3, 0.4) is 0 Å². The van der Waals surface area contributed by atoms with Gasteiger partial charge in [-0.05, 0) is 24.6 Å². The van der Waals surface area contributed by atoms with Crippen LogP contribution in [0.25, 0.3) is 0 Å². The molecule has 2 unspecified atom stereocenters. The van der Waals surface area contributed by atoms with Crippen LogP contribution in [0.5, 0.6) is 0 Å². The van der Waals surface area contributed by atoms with E-state index in [9.17, 15) is 22.0 Å². The molecule has 1 aliphatic heterocycles. The predicted octanol–water partition coefficient (Wildman–Crippen LogP) is 3.91. The van der Waals surface area contributed by atoms with Crippen LogP contribution in [0.2, 0.25) is 0 Å². The molecule has 2 atom stereocenters. The molecule has 1 fully saturated rings. The minimum absolute atomic E-state index is 0.182. The topological polar surface area (TPSA) is 54.5 Å². The Morgan fingerprint density at radius 3 is 2.27 bits per heavy atom. The number of halogens is 3. The molecule has 26 heavy (non-hydrogen) atoms. The van der Waals surface area contributed by atoms with Crippen molar-refractivity contribution in [3.8, 4) is 0 Å². The summed E-state index contributed by atoms with van der Waals surface area (Å²) in [5, 5.41) is 0. The average Bonchev–Trinajstić information content (AvgIpc) is 2.86.